The molecule has 4 rings (SSSR count). The SMILES string of the molecule is NC(=O)c1nn(CC(=O)NCc2ccccc2CN2CCCCC2)c(=O)c2ccccc12. The number of likely N-dealkylation sites (tertiary alicyclic amines) is 1. The van der Waals surface area contributed by atoms with Crippen molar-refractivity contribution in [3.63, 3.8) is 0 Å². The van der Waals surface area contributed by atoms with E-state index in [1.165, 1.54) is 24.8 Å². The lowest BCUT2D eigenvalue weighted by molar-refractivity contribution is -0.122. The van der Waals surface area contributed by atoms with Gasteiger partial charge >= 0.3 is 0 Å². The maximum Gasteiger partial charge on any atom is 0.275 e. The van der Waals surface area contributed by atoms with Crippen LogP contribution in [0.4, 0.5) is 0 Å². The number of carbonyl (C=O) groups is 2. The smallest absolute Gasteiger partial charge is 0.275 e. The van der Waals surface area contributed by atoms with E-state index in [-0.39, 0.29) is 18.1 Å². The molecular weight excluding hydrogens is 406 g/mol. The highest BCUT2D eigenvalue weighted by Crippen LogP contribution is 2.16. The minimum atomic E-state index is -0.748. The van der Waals surface area contributed by atoms with Crippen LogP contribution in [0.15, 0.2) is 53.3 Å². The molecule has 0 radical (unpaired) electrons. The minimum absolute atomic E-state index is 0.0279. The number of carbonyl (C=O) groups excluding carboxylic acids is 2. The summed E-state index contributed by atoms with van der Waals surface area (Å²) < 4.78 is 0.997. The fourth-order valence-electron chi connectivity index (χ4n) is 4.15. The number of nitrogens with two attached hydrogens (primary N) is 1. The first-order chi connectivity index (χ1) is 15.5. The molecule has 0 atom stereocenters. The van der Waals surface area contributed by atoms with Gasteiger partial charge in [0, 0.05) is 18.5 Å². The molecule has 0 saturated carbocycles. The van der Waals surface area contributed by atoms with Gasteiger partial charge < -0.3 is 11.1 Å². The van der Waals surface area contributed by atoms with Gasteiger partial charge in [-0.3, -0.25) is 19.3 Å². The number of benzene rings is 2. The summed E-state index contributed by atoms with van der Waals surface area (Å²) in [4.78, 5) is 39.6. The lowest BCUT2D eigenvalue weighted by atomic mass is 10.0. The van der Waals surface area contributed by atoms with Gasteiger partial charge in [-0.15, -0.1) is 0 Å². The Morgan fingerprint density at radius 3 is 2.31 bits per heavy atom. The molecule has 1 aromatic heterocycles. The summed E-state index contributed by atoms with van der Waals surface area (Å²) >= 11 is 0. The number of rotatable bonds is 7. The van der Waals surface area contributed by atoms with Gasteiger partial charge in [0.05, 0.1) is 5.39 Å². The number of aromatic nitrogens is 2. The van der Waals surface area contributed by atoms with Gasteiger partial charge in [-0.05, 0) is 43.1 Å². The Bertz CT molecular complexity index is 1200. The molecule has 32 heavy (non-hydrogen) atoms. The van der Waals surface area contributed by atoms with E-state index in [1.807, 2.05) is 18.2 Å². The third-order valence-electron chi connectivity index (χ3n) is 5.83. The van der Waals surface area contributed by atoms with E-state index < -0.39 is 11.5 Å². The average molecular weight is 434 g/mol. The lowest BCUT2D eigenvalue weighted by Crippen LogP contribution is -2.35. The average Bonchev–Trinajstić information content (AvgIpc) is 2.81. The molecule has 0 aliphatic carbocycles. The van der Waals surface area contributed by atoms with E-state index in [2.05, 4.69) is 21.4 Å². The van der Waals surface area contributed by atoms with E-state index in [0.29, 0.717) is 17.3 Å². The molecule has 3 N–H and O–H groups in total. The van der Waals surface area contributed by atoms with Crippen molar-refractivity contribution < 1.29 is 9.59 Å². The number of hydrogen-bond acceptors (Lipinski definition) is 5. The first kappa shape index (κ1) is 21.7. The summed E-state index contributed by atoms with van der Waals surface area (Å²) in [6.07, 6.45) is 3.73. The number of amides is 2. The zero-order valence-corrected chi connectivity index (χ0v) is 17.9. The predicted molar refractivity (Wildman–Crippen MR) is 122 cm³/mol. The Morgan fingerprint density at radius 2 is 1.59 bits per heavy atom. The van der Waals surface area contributed by atoms with Gasteiger partial charge in [-0.2, -0.15) is 5.10 Å². The van der Waals surface area contributed by atoms with Gasteiger partial charge in [0.1, 0.15) is 6.54 Å². The third-order valence-corrected chi connectivity index (χ3v) is 5.83. The van der Waals surface area contributed by atoms with Crippen LogP contribution < -0.4 is 16.6 Å². The molecule has 1 aliphatic heterocycles. The Hall–Kier alpha value is -3.52. The van der Waals surface area contributed by atoms with Crippen molar-refractivity contribution in [1.29, 1.82) is 0 Å². The van der Waals surface area contributed by atoms with Gasteiger partial charge in [-0.25, -0.2) is 4.68 Å². The molecule has 0 spiro atoms. The van der Waals surface area contributed by atoms with Crippen LogP contribution in [0.5, 0.6) is 0 Å². The van der Waals surface area contributed by atoms with Crippen molar-refractivity contribution in [3.8, 4) is 0 Å². The van der Waals surface area contributed by atoms with Crippen LogP contribution in [0.25, 0.3) is 10.8 Å². The fraction of sp³-hybridized carbons (Fsp3) is 0.333. The minimum Gasteiger partial charge on any atom is -0.364 e. The van der Waals surface area contributed by atoms with Crippen molar-refractivity contribution in [2.75, 3.05) is 13.1 Å². The lowest BCUT2D eigenvalue weighted by Gasteiger charge is -2.27. The second kappa shape index (κ2) is 9.74. The van der Waals surface area contributed by atoms with Crippen molar-refractivity contribution in [2.24, 2.45) is 5.73 Å². The maximum atomic E-state index is 12.8. The second-order valence-corrected chi connectivity index (χ2v) is 8.10. The highest BCUT2D eigenvalue weighted by molar-refractivity contribution is 6.04. The molecule has 1 fully saturated rings. The number of hydrogen-bond donors (Lipinski definition) is 2. The highest BCUT2D eigenvalue weighted by atomic mass is 16.2. The van der Waals surface area contributed by atoms with Crippen LogP contribution in [-0.4, -0.2) is 39.6 Å². The molecular formula is C24H27N5O3. The molecule has 8 nitrogen and oxygen atoms in total. The number of piperidine rings is 1. The van der Waals surface area contributed by atoms with E-state index >= 15 is 0 Å². The first-order valence-corrected chi connectivity index (χ1v) is 10.9. The summed E-state index contributed by atoms with van der Waals surface area (Å²) in [6.45, 7) is 3.12. The first-order valence-electron chi connectivity index (χ1n) is 10.9. The van der Waals surface area contributed by atoms with Crippen molar-refractivity contribution in [2.45, 2.75) is 38.9 Å². The van der Waals surface area contributed by atoms with Gasteiger partial charge in [-0.1, -0.05) is 48.9 Å². The molecule has 3 aromatic rings. The molecule has 166 valence electrons. The van der Waals surface area contributed by atoms with Gasteiger partial charge in [0.15, 0.2) is 5.69 Å². The fourth-order valence-corrected chi connectivity index (χ4v) is 4.15. The molecule has 1 aliphatic rings. The quantitative estimate of drug-likeness (QED) is 0.590. The second-order valence-electron chi connectivity index (χ2n) is 8.10. The Kier molecular flexibility index (Phi) is 6.61. The van der Waals surface area contributed by atoms with Crippen LogP contribution in [0.1, 0.15) is 40.9 Å². The van der Waals surface area contributed by atoms with E-state index in [9.17, 15) is 14.4 Å². The van der Waals surface area contributed by atoms with E-state index in [1.54, 1.807) is 24.3 Å². The van der Waals surface area contributed by atoms with E-state index in [4.69, 9.17) is 5.73 Å². The van der Waals surface area contributed by atoms with Crippen LogP contribution in [0.3, 0.4) is 0 Å². The maximum absolute atomic E-state index is 12.8. The van der Waals surface area contributed by atoms with Crippen molar-refractivity contribution in [3.05, 3.63) is 75.7 Å². The summed E-state index contributed by atoms with van der Waals surface area (Å²) in [7, 11) is 0. The van der Waals surface area contributed by atoms with Crippen molar-refractivity contribution >= 4 is 22.6 Å². The standard InChI is InChI=1S/C24H27N5O3/c25-23(31)22-19-10-4-5-11-20(19)24(32)29(27-22)16-21(30)26-14-17-8-2-3-9-18(17)15-28-12-6-1-7-13-28/h2-5,8-11H,1,6-7,12-16H2,(H2,25,31)(H,26,30). The van der Waals surface area contributed by atoms with Crippen LogP contribution in [-0.2, 0) is 24.4 Å². The number of fused-ring (bicyclic) bond motifs is 1. The normalized spacial score (nSPS) is 14.4. The molecule has 2 heterocycles. The summed E-state index contributed by atoms with van der Waals surface area (Å²) in [6, 6.07) is 14.7. The Balaban J connectivity index is 1.47. The van der Waals surface area contributed by atoms with Gasteiger partial charge in [0.2, 0.25) is 5.91 Å². The summed E-state index contributed by atoms with van der Waals surface area (Å²) in [5.74, 6) is -1.11. The van der Waals surface area contributed by atoms with Crippen molar-refractivity contribution in [1.82, 2.24) is 20.0 Å². The zero-order chi connectivity index (χ0) is 22.5. The Morgan fingerprint density at radius 1 is 0.938 bits per heavy atom. The largest absolute Gasteiger partial charge is 0.364 e. The van der Waals surface area contributed by atoms with Crippen LogP contribution >= 0.6 is 0 Å². The van der Waals surface area contributed by atoms with Gasteiger partial charge in [0.25, 0.3) is 11.5 Å². The highest BCUT2D eigenvalue weighted by Gasteiger charge is 2.16. The Labute approximate surface area is 186 Å². The monoisotopic (exact) mass is 433 g/mol. The number of nitrogens with one attached hydrogen (secondary N) is 1. The summed E-state index contributed by atoms with van der Waals surface area (Å²) in [5.41, 5.74) is 7.20. The summed E-state index contributed by atoms with van der Waals surface area (Å²) in [5, 5.41) is 7.61. The van der Waals surface area contributed by atoms with E-state index in [0.717, 1.165) is 29.9 Å². The molecule has 0 unspecified atom stereocenters. The molecule has 8 heteroatoms. The van der Waals surface area contributed by atoms with Crippen LogP contribution in [0, 0.1) is 0 Å². The topological polar surface area (TPSA) is 110 Å². The predicted octanol–water partition coefficient (Wildman–Crippen LogP) is 1.80. The number of nitrogens with zero attached hydrogens (tertiary/aromatic N) is 3. The molecule has 1 saturated heterocycles. The third kappa shape index (κ3) is 4.86. The molecule has 2 amide bonds. The zero-order valence-electron chi connectivity index (χ0n) is 17.9. The van der Waals surface area contributed by atoms with Crippen LogP contribution in [0.2, 0.25) is 0 Å². The molecule has 0 bridgehead atoms. The number of primary amides is 1. The molecule has 2 aromatic carbocycles.